The predicted molar refractivity (Wildman–Crippen MR) is 125 cm³/mol. The molecule has 0 bridgehead atoms. The van der Waals surface area contributed by atoms with Gasteiger partial charge in [0.2, 0.25) is 5.75 Å². The Balaban J connectivity index is 1.94. The van der Waals surface area contributed by atoms with E-state index in [4.69, 9.17) is 4.74 Å². The molecule has 0 aromatic heterocycles. The first-order valence-corrected chi connectivity index (χ1v) is 12.2. The average molecular weight is 422 g/mol. The minimum Gasteiger partial charge on any atom is -0.500 e. The number of unbranched alkanes of at least 4 members (excludes halogenated alkanes) is 15. The van der Waals surface area contributed by atoms with E-state index >= 15 is 0 Å². The Morgan fingerprint density at radius 2 is 1.23 bits per heavy atom. The lowest BCUT2D eigenvalue weighted by molar-refractivity contribution is -0.386. The van der Waals surface area contributed by atoms with Crippen molar-refractivity contribution < 1.29 is 14.8 Å². The molecule has 0 heterocycles. The Morgan fingerprint density at radius 1 is 0.800 bits per heavy atom. The highest BCUT2D eigenvalue weighted by molar-refractivity contribution is 5.58. The molecule has 0 atom stereocenters. The maximum Gasteiger partial charge on any atom is 0.314 e. The zero-order valence-electron chi connectivity index (χ0n) is 19.3. The van der Waals surface area contributed by atoms with Gasteiger partial charge in [-0.05, 0) is 25.0 Å². The summed E-state index contributed by atoms with van der Waals surface area (Å²) in [7, 11) is 0. The summed E-state index contributed by atoms with van der Waals surface area (Å²) in [5, 5.41) is 20.9. The van der Waals surface area contributed by atoms with Gasteiger partial charge in [0, 0.05) is 6.07 Å². The van der Waals surface area contributed by atoms with E-state index in [0.29, 0.717) is 6.61 Å². The average Bonchev–Trinajstić information content (AvgIpc) is 2.72. The molecule has 1 N–H and O–H groups in total. The van der Waals surface area contributed by atoms with Gasteiger partial charge < -0.3 is 9.84 Å². The van der Waals surface area contributed by atoms with Crippen molar-refractivity contribution in [3.8, 4) is 11.5 Å². The molecule has 0 spiro atoms. The standard InChI is InChI=1S/C25H43NO4/c1-3-4-5-6-7-8-9-10-11-12-13-14-15-16-17-18-21-30-25-22(2)19-20-23(24(25)27)26(28)29/h19-20,27H,3-18,21H2,1-2H3. The number of ether oxygens (including phenoxy) is 1. The molecule has 1 rings (SSSR count). The fraction of sp³-hybridized carbons (Fsp3) is 0.760. The number of nitrogens with zero attached hydrogens (tertiary/aromatic N) is 1. The first kappa shape index (κ1) is 26.3. The van der Waals surface area contributed by atoms with Gasteiger partial charge in [0.1, 0.15) is 0 Å². The van der Waals surface area contributed by atoms with Crippen molar-refractivity contribution in [2.24, 2.45) is 0 Å². The van der Waals surface area contributed by atoms with Crippen LogP contribution >= 0.6 is 0 Å². The highest BCUT2D eigenvalue weighted by Gasteiger charge is 2.19. The van der Waals surface area contributed by atoms with E-state index < -0.39 is 4.92 Å². The molecule has 1 aromatic rings. The monoisotopic (exact) mass is 421 g/mol. The van der Waals surface area contributed by atoms with Crippen LogP contribution in [0.2, 0.25) is 0 Å². The van der Waals surface area contributed by atoms with E-state index in [1.54, 1.807) is 13.0 Å². The van der Waals surface area contributed by atoms with E-state index in [2.05, 4.69) is 6.92 Å². The van der Waals surface area contributed by atoms with E-state index in [1.807, 2.05) is 0 Å². The zero-order chi connectivity index (χ0) is 22.0. The van der Waals surface area contributed by atoms with Crippen LogP contribution < -0.4 is 4.74 Å². The van der Waals surface area contributed by atoms with Gasteiger partial charge in [-0.3, -0.25) is 10.1 Å². The Hall–Kier alpha value is -1.78. The van der Waals surface area contributed by atoms with Crippen LogP contribution in [0.3, 0.4) is 0 Å². The van der Waals surface area contributed by atoms with Gasteiger partial charge in [0.15, 0.2) is 5.75 Å². The summed E-state index contributed by atoms with van der Waals surface area (Å²) >= 11 is 0. The minimum atomic E-state index is -0.587. The van der Waals surface area contributed by atoms with Crippen LogP contribution in [0, 0.1) is 17.0 Å². The third kappa shape index (κ3) is 11.4. The lowest BCUT2D eigenvalue weighted by atomic mass is 10.0. The topological polar surface area (TPSA) is 72.6 Å². The summed E-state index contributed by atoms with van der Waals surface area (Å²) in [5.41, 5.74) is 0.414. The van der Waals surface area contributed by atoms with Crippen molar-refractivity contribution in [1.82, 2.24) is 0 Å². The molecular formula is C25H43NO4. The third-order valence-electron chi connectivity index (χ3n) is 5.75. The highest BCUT2D eigenvalue weighted by atomic mass is 16.6. The van der Waals surface area contributed by atoms with Crippen molar-refractivity contribution in [2.45, 2.75) is 117 Å². The summed E-state index contributed by atoms with van der Waals surface area (Å²) < 4.78 is 5.62. The van der Waals surface area contributed by atoms with E-state index in [9.17, 15) is 15.2 Å². The predicted octanol–water partition coefficient (Wildman–Crippen LogP) is 8.25. The molecule has 0 radical (unpaired) electrons. The zero-order valence-corrected chi connectivity index (χ0v) is 19.3. The third-order valence-corrected chi connectivity index (χ3v) is 5.75. The minimum absolute atomic E-state index is 0.241. The normalized spacial score (nSPS) is 11.0. The lowest BCUT2D eigenvalue weighted by Gasteiger charge is -2.11. The SMILES string of the molecule is CCCCCCCCCCCCCCCCCCOc1c(C)ccc([N+](=O)[O-])c1O. The molecule has 0 aliphatic heterocycles. The first-order chi connectivity index (χ1) is 14.6. The second-order valence-corrected chi connectivity index (χ2v) is 8.49. The number of aryl methyl sites for hydroxylation is 1. The van der Waals surface area contributed by atoms with Crippen LogP contribution in [0.25, 0.3) is 0 Å². The largest absolute Gasteiger partial charge is 0.500 e. The van der Waals surface area contributed by atoms with Gasteiger partial charge >= 0.3 is 5.69 Å². The molecule has 0 unspecified atom stereocenters. The van der Waals surface area contributed by atoms with Gasteiger partial charge in [-0.2, -0.15) is 0 Å². The summed E-state index contributed by atoms with van der Waals surface area (Å²) in [6.07, 6.45) is 21.1. The van der Waals surface area contributed by atoms with Gasteiger partial charge in [-0.25, -0.2) is 0 Å². The van der Waals surface area contributed by atoms with Crippen LogP contribution in [-0.4, -0.2) is 16.6 Å². The molecular weight excluding hydrogens is 378 g/mol. The second-order valence-electron chi connectivity index (χ2n) is 8.49. The maximum atomic E-state index is 10.9. The smallest absolute Gasteiger partial charge is 0.314 e. The van der Waals surface area contributed by atoms with E-state index in [0.717, 1.165) is 18.4 Å². The number of hydrogen-bond acceptors (Lipinski definition) is 4. The fourth-order valence-electron chi connectivity index (χ4n) is 3.82. The summed E-state index contributed by atoms with van der Waals surface area (Å²) in [5.74, 6) is -0.123. The number of rotatable bonds is 19. The molecule has 1 aromatic carbocycles. The van der Waals surface area contributed by atoms with Crippen molar-refractivity contribution in [2.75, 3.05) is 6.61 Å². The Morgan fingerprint density at radius 3 is 1.67 bits per heavy atom. The molecule has 0 saturated heterocycles. The van der Waals surface area contributed by atoms with Crippen LogP contribution in [0.5, 0.6) is 11.5 Å². The summed E-state index contributed by atoms with van der Waals surface area (Å²) in [6.45, 7) is 4.53. The number of nitro benzene ring substituents is 1. The van der Waals surface area contributed by atoms with E-state index in [-0.39, 0.29) is 17.2 Å². The fourth-order valence-corrected chi connectivity index (χ4v) is 3.82. The quantitative estimate of drug-likeness (QED) is 0.139. The number of benzene rings is 1. The molecule has 0 fully saturated rings. The number of phenolic OH excluding ortho intramolecular Hbond substituents is 1. The summed E-state index contributed by atoms with van der Waals surface area (Å²) in [4.78, 5) is 10.3. The van der Waals surface area contributed by atoms with Crippen molar-refractivity contribution in [3.63, 3.8) is 0 Å². The van der Waals surface area contributed by atoms with Crippen LogP contribution in [0.1, 0.15) is 115 Å². The molecule has 5 heteroatoms. The second kappa shape index (κ2) is 17.0. The summed E-state index contributed by atoms with van der Waals surface area (Å²) in [6, 6.07) is 2.92. The number of aromatic hydroxyl groups is 1. The molecule has 0 aliphatic rings. The maximum absolute atomic E-state index is 10.9. The van der Waals surface area contributed by atoms with Gasteiger partial charge in [0.05, 0.1) is 11.5 Å². The van der Waals surface area contributed by atoms with Crippen LogP contribution in [0.4, 0.5) is 5.69 Å². The number of phenols is 1. The molecule has 172 valence electrons. The molecule has 5 nitrogen and oxygen atoms in total. The number of nitro groups is 1. The van der Waals surface area contributed by atoms with Gasteiger partial charge in [-0.1, -0.05) is 103 Å². The van der Waals surface area contributed by atoms with Crippen molar-refractivity contribution in [1.29, 1.82) is 0 Å². The van der Waals surface area contributed by atoms with E-state index in [1.165, 1.54) is 96.0 Å². The van der Waals surface area contributed by atoms with Crippen molar-refractivity contribution in [3.05, 3.63) is 27.8 Å². The molecule has 0 aliphatic carbocycles. The Bertz CT molecular complexity index is 589. The first-order valence-electron chi connectivity index (χ1n) is 12.2. The Labute approximate surface area is 183 Å². The van der Waals surface area contributed by atoms with Crippen molar-refractivity contribution >= 4 is 5.69 Å². The molecule has 0 amide bonds. The molecule has 30 heavy (non-hydrogen) atoms. The van der Waals surface area contributed by atoms with Gasteiger partial charge in [-0.15, -0.1) is 0 Å². The highest BCUT2D eigenvalue weighted by Crippen LogP contribution is 2.38. The Kier molecular flexibility index (Phi) is 14.8. The number of hydrogen-bond donors (Lipinski definition) is 1. The van der Waals surface area contributed by atoms with Gasteiger partial charge in [0.25, 0.3) is 0 Å². The van der Waals surface area contributed by atoms with Crippen LogP contribution in [0.15, 0.2) is 12.1 Å². The molecule has 0 saturated carbocycles. The lowest BCUT2D eigenvalue weighted by Crippen LogP contribution is -2.01. The van der Waals surface area contributed by atoms with Crippen LogP contribution in [-0.2, 0) is 0 Å².